The highest BCUT2D eigenvalue weighted by molar-refractivity contribution is 5.35. The number of nitro groups is 1. The van der Waals surface area contributed by atoms with E-state index in [0.29, 0.717) is 12.0 Å². The van der Waals surface area contributed by atoms with Gasteiger partial charge >= 0.3 is 5.69 Å². The number of halogens is 1. The maximum Gasteiger partial charge on any atom is 0.304 e. The fraction of sp³-hybridized carbons (Fsp3) is 0.500. The molecule has 0 spiro atoms. The van der Waals surface area contributed by atoms with E-state index < -0.39 is 21.8 Å². The van der Waals surface area contributed by atoms with Gasteiger partial charge in [0, 0.05) is 6.07 Å². The average Bonchev–Trinajstić information content (AvgIpc) is 2.39. The van der Waals surface area contributed by atoms with Crippen LogP contribution in [-0.4, -0.2) is 4.92 Å². The van der Waals surface area contributed by atoms with E-state index in [0.717, 1.165) is 32.1 Å². The van der Waals surface area contributed by atoms with Crippen molar-refractivity contribution < 1.29 is 9.31 Å². The second-order valence-electron chi connectivity index (χ2n) is 5.17. The molecule has 5 heteroatoms. The van der Waals surface area contributed by atoms with Crippen molar-refractivity contribution in [2.24, 2.45) is 5.41 Å². The second-order valence-corrected chi connectivity index (χ2v) is 5.17. The van der Waals surface area contributed by atoms with Crippen LogP contribution in [0.4, 0.5) is 10.1 Å². The van der Waals surface area contributed by atoms with Crippen molar-refractivity contribution in [1.82, 2.24) is 0 Å². The first-order chi connectivity index (χ1) is 9.06. The van der Waals surface area contributed by atoms with E-state index in [1.165, 1.54) is 12.1 Å². The summed E-state index contributed by atoms with van der Waals surface area (Å²) in [7, 11) is 0. The molecule has 0 radical (unpaired) electrons. The molecule has 0 amide bonds. The number of nitrogens with zero attached hydrogens (tertiary/aromatic N) is 2. The van der Waals surface area contributed by atoms with E-state index >= 15 is 0 Å². The van der Waals surface area contributed by atoms with Crippen LogP contribution in [0, 0.1) is 32.7 Å². The summed E-state index contributed by atoms with van der Waals surface area (Å²) in [6.07, 6.45) is 5.28. The molecule has 4 nitrogen and oxygen atoms in total. The Bertz CT molecular complexity index is 531. The summed E-state index contributed by atoms with van der Waals surface area (Å²) in [6.45, 7) is 0. The Morgan fingerprint density at radius 2 is 2.05 bits per heavy atom. The molecule has 1 fully saturated rings. The largest absolute Gasteiger partial charge is 0.304 e. The van der Waals surface area contributed by atoms with Crippen molar-refractivity contribution in [1.29, 1.82) is 5.26 Å². The summed E-state index contributed by atoms with van der Waals surface area (Å²) in [5.74, 6) is -0.827. The topological polar surface area (TPSA) is 66.9 Å². The van der Waals surface area contributed by atoms with Crippen molar-refractivity contribution in [2.45, 2.75) is 38.5 Å². The van der Waals surface area contributed by atoms with Crippen LogP contribution in [0.2, 0.25) is 0 Å². The van der Waals surface area contributed by atoms with Gasteiger partial charge in [-0.3, -0.25) is 10.1 Å². The molecule has 100 valence electrons. The van der Waals surface area contributed by atoms with Gasteiger partial charge in [-0.15, -0.1) is 0 Å². The number of rotatable bonds is 3. The third-order valence-electron chi connectivity index (χ3n) is 3.80. The van der Waals surface area contributed by atoms with E-state index in [-0.39, 0.29) is 0 Å². The predicted octanol–water partition coefficient (Wildman–Crippen LogP) is 3.75. The van der Waals surface area contributed by atoms with Crippen molar-refractivity contribution in [2.75, 3.05) is 0 Å². The number of hydrogen-bond donors (Lipinski definition) is 0. The molecule has 0 heterocycles. The third-order valence-corrected chi connectivity index (χ3v) is 3.80. The highest BCUT2D eigenvalue weighted by atomic mass is 19.1. The highest BCUT2D eigenvalue weighted by Gasteiger charge is 2.32. The minimum atomic E-state index is -0.827. The van der Waals surface area contributed by atoms with Gasteiger partial charge in [-0.2, -0.15) is 9.65 Å². The Morgan fingerprint density at radius 3 is 2.58 bits per heavy atom. The molecule has 0 N–H and O–H groups in total. The first-order valence-electron chi connectivity index (χ1n) is 6.40. The molecule has 1 aromatic carbocycles. The number of nitro benzene ring substituents is 1. The first-order valence-corrected chi connectivity index (χ1v) is 6.40. The molecule has 0 unspecified atom stereocenters. The molecule has 1 aliphatic carbocycles. The molecule has 1 saturated carbocycles. The number of hydrogen-bond acceptors (Lipinski definition) is 3. The van der Waals surface area contributed by atoms with Crippen molar-refractivity contribution in [3.63, 3.8) is 0 Å². The van der Waals surface area contributed by atoms with Crippen LogP contribution in [-0.2, 0) is 6.42 Å². The summed E-state index contributed by atoms with van der Waals surface area (Å²) in [5, 5.41) is 19.9. The molecular weight excluding hydrogens is 247 g/mol. The fourth-order valence-electron chi connectivity index (χ4n) is 2.76. The minimum Gasteiger partial charge on any atom is -0.258 e. The molecule has 0 bridgehead atoms. The predicted molar refractivity (Wildman–Crippen MR) is 67.9 cm³/mol. The molecule has 0 atom stereocenters. The fourth-order valence-corrected chi connectivity index (χ4v) is 2.76. The molecule has 19 heavy (non-hydrogen) atoms. The van der Waals surface area contributed by atoms with Crippen LogP contribution in [0.25, 0.3) is 0 Å². The molecule has 0 aromatic heterocycles. The van der Waals surface area contributed by atoms with Crippen LogP contribution >= 0.6 is 0 Å². The lowest BCUT2D eigenvalue weighted by Gasteiger charge is -2.30. The maximum absolute atomic E-state index is 13.6. The molecule has 1 aromatic rings. The standard InChI is InChI=1S/C14H15FN2O2/c15-12-8-11(4-5-13(12)17(18)19)9-14(10-16)6-2-1-3-7-14/h4-5,8H,1-3,6-7,9H2. The zero-order chi connectivity index (χ0) is 13.9. The van der Waals surface area contributed by atoms with Gasteiger partial charge in [-0.05, 0) is 30.9 Å². The third kappa shape index (κ3) is 2.90. The van der Waals surface area contributed by atoms with E-state index in [1.54, 1.807) is 6.07 Å². The van der Waals surface area contributed by atoms with E-state index in [4.69, 9.17) is 0 Å². The molecule has 0 saturated heterocycles. The van der Waals surface area contributed by atoms with E-state index in [2.05, 4.69) is 6.07 Å². The second kappa shape index (κ2) is 5.35. The summed E-state index contributed by atoms with van der Waals surface area (Å²) >= 11 is 0. The molecule has 2 rings (SSSR count). The zero-order valence-corrected chi connectivity index (χ0v) is 10.6. The van der Waals surface area contributed by atoms with Crippen molar-refractivity contribution in [3.8, 4) is 6.07 Å². The highest BCUT2D eigenvalue weighted by Crippen LogP contribution is 2.39. The Hall–Kier alpha value is -1.96. The lowest BCUT2D eigenvalue weighted by molar-refractivity contribution is -0.387. The Morgan fingerprint density at radius 1 is 1.37 bits per heavy atom. The van der Waals surface area contributed by atoms with E-state index in [9.17, 15) is 19.8 Å². The van der Waals surface area contributed by atoms with Crippen LogP contribution < -0.4 is 0 Å². The number of benzene rings is 1. The smallest absolute Gasteiger partial charge is 0.258 e. The summed E-state index contributed by atoms with van der Waals surface area (Å²) in [4.78, 5) is 9.82. The maximum atomic E-state index is 13.6. The number of nitriles is 1. The zero-order valence-electron chi connectivity index (χ0n) is 10.6. The van der Waals surface area contributed by atoms with Crippen LogP contribution in [0.3, 0.4) is 0 Å². The van der Waals surface area contributed by atoms with Crippen LogP contribution in [0.5, 0.6) is 0 Å². The molecular formula is C14H15FN2O2. The van der Waals surface area contributed by atoms with Crippen LogP contribution in [0.15, 0.2) is 18.2 Å². The van der Waals surface area contributed by atoms with Gasteiger partial charge < -0.3 is 0 Å². The summed E-state index contributed by atoms with van der Waals surface area (Å²) < 4.78 is 13.6. The van der Waals surface area contributed by atoms with Gasteiger partial charge in [0.2, 0.25) is 5.82 Å². The average molecular weight is 262 g/mol. The van der Waals surface area contributed by atoms with E-state index in [1.807, 2.05) is 0 Å². The Labute approximate surface area is 111 Å². The summed E-state index contributed by atoms with van der Waals surface area (Å²) in [6, 6.07) is 6.28. The lowest BCUT2D eigenvalue weighted by atomic mass is 9.71. The minimum absolute atomic E-state index is 0.430. The van der Waals surface area contributed by atoms with Crippen molar-refractivity contribution in [3.05, 3.63) is 39.7 Å². The molecule has 1 aliphatic rings. The van der Waals surface area contributed by atoms with Crippen LogP contribution in [0.1, 0.15) is 37.7 Å². The Balaban J connectivity index is 2.21. The normalized spacial score (nSPS) is 17.7. The monoisotopic (exact) mass is 262 g/mol. The van der Waals surface area contributed by atoms with Gasteiger partial charge in [0.15, 0.2) is 0 Å². The lowest BCUT2D eigenvalue weighted by Crippen LogP contribution is -2.24. The molecule has 0 aliphatic heterocycles. The van der Waals surface area contributed by atoms with Gasteiger partial charge in [0.05, 0.1) is 16.4 Å². The quantitative estimate of drug-likeness (QED) is 0.615. The SMILES string of the molecule is N#CC1(Cc2ccc([N+](=O)[O-])c(F)c2)CCCCC1. The van der Waals surface area contributed by atoms with Gasteiger partial charge in [0.1, 0.15) is 0 Å². The van der Waals surface area contributed by atoms with Gasteiger partial charge in [-0.25, -0.2) is 0 Å². The Kier molecular flexibility index (Phi) is 3.79. The summed E-state index contributed by atoms with van der Waals surface area (Å²) in [5.41, 5.74) is -0.286. The first kappa shape index (κ1) is 13.5. The van der Waals surface area contributed by atoms with Crippen molar-refractivity contribution >= 4 is 5.69 Å². The van der Waals surface area contributed by atoms with Gasteiger partial charge in [-0.1, -0.05) is 25.3 Å². The van der Waals surface area contributed by atoms with Gasteiger partial charge in [0.25, 0.3) is 0 Å².